The minimum Gasteiger partial charge on any atom is -0.394 e. The van der Waals surface area contributed by atoms with Gasteiger partial charge in [-0.25, -0.2) is 0 Å². The molecule has 4 N–H and O–H groups in total. The van der Waals surface area contributed by atoms with E-state index in [1.165, 1.54) is 199 Å². The number of carbonyl (C=O) groups excluding carboxylic acids is 1. The van der Waals surface area contributed by atoms with E-state index in [2.05, 4.69) is 19.2 Å². The molecule has 3 atom stereocenters. The van der Waals surface area contributed by atoms with Gasteiger partial charge in [0.2, 0.25) is 5.91 Å². The zero-order valence-electron chi connectivity index (χ0n) is 34.5. The van der Waals surface area contributed by atoms with Crippen molar-refractivity contribution in [3.8, 4) is 0 Å². The molecule has 5 nitrogen and oxygen atoms in total. The first-order valence-electron chi connectivity index (χ1n) is 23.0. The third kappa shape index (κ3) is 38.6. The number of carbonyl (C=O) groups is 1. The summed E-state index contributed by atoms with van der Waals surface area (Å²) in [6.07, 6.45) is 49.3. The van der Waals surface area contributed by atoms with Crippen molar-refractivity contribution in [2.75, 3.05) is 6.61 Å². The molecule has 0 aliphatic rings. The SMILES string of the molecule is CCCCCCCCCCCCCCCCCCC/C=C/C(O)C(CO)NC(=O)CC(O)CCCCCCCCCCCCCCCCCCC. The lowest BCUT2D eigenvalue weighted by Gasteiger charge is -2.21. The summed E-state index contributed by atoms with van der Waals surface area (Å²) in [5.41, 5.74) is 0. The summed E-state index contributed by atoms with van der Waals surface area (Å²) >= 11 is 0. The van der Waals surface area contributed by atoms with Gasteiger partial charge in [-0.05, 0) is 19.3 Å². The van der Waals surface area contributed by atoms with Crippen molar-refractivity contribution in [2.45, 2.75) is 270 Å². The molecular formula is C46H91NO4. The third-order valence-corrected chi connectivity index (χ3v) is 10.8. The summed E-state index contributed by atoms with van der Waals surface area (Å²) in [7, 11) is 0. The van der Waals surface area contributed by atoms with Crippen LogP contribution >= 0.6 is 0 Å². The van der Waals surface area contributed by atoms with Gasteiger partial charge in [-0.15, -0.1) is 0 Å². The summed E-state index contributed by atoms with van der Waals surface area (Å²) in [6.45, 7) is 4.23. The van der Waals surface area contributed by atoms with Crippen LogP contribution in [0.15, 0.2) is 12.2 Å². The van der Waals surface area contributed by atoms with Gasteiger partial charge < -0.3 is 20.6 Å². The van der Waals surface area contributed by atoms with Crippen molar-refractivity contribution in [1.29, 1.82) is 0 Å². The molecule has 51 heavy (non-hydrogen) atoms. The number of aliphatic hydroxyl groups excluding tert-OH is 3. The Morgan fingerprint density at radius 3 is 1.14 bits per heavy atom. The van der Waals surface area contributed by atoms with Crippen LogP contribution in [-0.2, 0) is 4.79 Å². The van der Waals surface area contributed by atoms with Gasteiger partial charge in [-0.1, -0.05) is 238 Å². The molecule has 0 aromatic heterocycles. The summed E-state index contributed by atoms with van der Waals surface area (Å²) in [6, 6.07) is -0.739. The van der Waals surface area contributed by atoms with Crippen LogP contribution in [-0.4, -0.2) is 46.1 Å². The second-order valence-corrected chi connectivity index (χ2v) is 16.0. The van der Waals surface area contributed by atoms with Crippen molar-refractivity contribution in [3.05, 3.63) is 12.2 Å². The van der Waals surface area contributed by atoms with Crippen LogP contribution in [0.4, 0.5) is 0 Å². The van der Waals surface area contributed by atoms with E-state index in [0.717, 1.165) is 25.7 Å². The minimum absolute atomic E-state index is 0.0189. The maximum absolute atomic E-state index is 12.4. The number of rotatable bonds is 42. The Morgan fingerprint density at radius 1 is 0.490 bits per heavy atom. The Kier molecular flexibility index (Phi) is 41.1. The Balaban J connectivity index is 3.62. The van der Waals surface area contributed by atoms with Crippen LogP contribution in [0.1, 0.15) is 251 Å². The molecule has 0 saturated carbocycles. The maximum atomic E-state index is 12.4. The molecule has 0 aromatic rings. The van der Waals surface area contributed by atoms with E-state index in [-0.39, 0.29) is 18.9 Å². The maximum Gasteiger partial charge on any atom is 0.222 e. The Hall–Kier alpha value is -0.910. The first-order valence-corrected chi connectivity index (χ1v) is 23.0. The standard InChI is InChI=1S/C46H91NO4/c1-3-5-7-9-11-13-15-17-19-21-22-24-26-28-30-32-34-36-38-40-45(50)44(42-48)47-46(51)41-43(49)39-37-35-33-31-29-27-25-23-20-18-16-14-12-10-8-6-4-2/h38,40,43-45,48-50H,3-37,39,41-42H2,1-2H3,(H,47,51)/b40-38+. The molecule has 0 spiro atoms. The highest BCUT2D eigenvalue weighted by molar-refractivity contribution is 5.76. The topological polar surface area (TPSA) is 89.8 Å². The highest BCUT2D eigenvalue weighted by Crippen LogP contribution is 2.17. The number of amides is 1. The monoisotopic (exact) mass is 722 g/mol. The van der Waals surface area contributed by atoms with Crippen LogP contribution < -0.4 is 5.32 Å². The molecule has 304 valence electrons. The number of allylic oxidation sites excluding steroid dienone is 1. The van der Waals surface area contributed by atoms with Gasteiger partial charge in [0.15, 0.2) is 0 Å². The van der Waals surface area contributed by atoms with E-state index in [1.807, 2.05) is 6.08 Å². The van der Waals surface area contributed by atoms with E-state index in [1.54, 1.807) is 6.08 Å². The van der Waals surface area contributed by atoms with Crippen LogP contribution in [0.5, 0.6) is 0 Å². The van der Waals surface area contributed by atoms with Crippen molar-refractivity contribution >= 4 is 5.91 Å². The number of unbranched alkanes of at least 4 members (excludes halogenated alkanes) is 33. The van der Waals surface area contributed by atoms with Crippen molar-refractivity contribution in [1.82, 2.24) is 5.32 Å². The molecule has 0 bridgehead atoms. The summed E-state index contributed by atoms with van der Waals surface area (Å²) in [5.74, 6) is -0.311. The zero-order valence-corrected chi connectivity index (χ0v) is 34.5. The van der Waals surface area contributed by atoms with Crippen molar-refractivity contribution in [3.63, 3.8) is 0 Å². The fourth-order valence-electron chi connectivity index (χ4n) is 7.28. The number of aliphatic hydroxyl groups is 3. The van der Waals surface area contributed by atoms with Crippen LogP contribution in [0, 0.1) is 0 Å². The first-order chi connectivity index (χ1) is 25.0. The summed E-state index contributed by atoms with van der Waals surface area (Å²) in [5, 5.41) is 33.3. The minimum atomic E-state index is -0.924. The molecule has 5 heteroatoms. The van der Waals surface area contributed by atoms with E-state index in [4.69, 9.17) is 0 Å². The third-order valence-electron chi connectivity index (χ3n) is 10.8. The fraction of sp³-hybridized carbons (Fsp3) is 0.935. The number of hydrogen-bond acceptors (Lipinski definition) is 4. The summed E-state index contributed by atoms with van der Waals surface area (Å²) in [4.78, 5) is 12.4. The Bertz CT molecular complexity index is 713. The Morgan fingerprint density at radius 2 is 0.804 bits per heavy atom. The van der Waals surface area contributed by atoms with Crippen LogP contribution in [0.25, 0.3) is 0 Å². The summed E-state index contributed by atoms with van der Waals surface area (Å²) < 4.78 is 0. The molecule has 1 amide bonds. The van der Waals surface area contributed by atoms with Gasteiger partial charge in [-0.3, -0.25) is 4.79 Å². The van der Waals surface area contributed by atoms with Crippen LogP contribution in [0.2, 0.25) is 0 Å². The van der Waals surface area contributed by atoms with E-state index in [0.29, 0.717) is 6.42 Å². The van der Waals surface area contributed by atoms with E-state index < -0.39 is 18.2 Å². The lowest BCUT2D eigenvalue weighted by atomic mass is 10.0. The molecule has 0 radical (unpaired) electrons. The molecule has 0 saturated heterocycles. The van der Waals surface area contributed by atoms with E-state index in [9.17, 15) is 20.1 Å². The predicted molar refractivity (Wildman–Crippen MR) is 222 cm³/mol. The van der Waals surface area contributed by atoms with Crippen molar-refractivity contribution < 1.29 is 20.1 Å². The zero-order chi connectivity index (χ0) is 37.3. The fourth-order valence-corrected chi connectivity index (χ4v) is 7.28. The van der Waals surface area contributed by atoms with Gasteiger partial charge in [0.05, 0.1) is 31.3 Å². The molecule has 3 unspecified atom stereocenters. The number of hydrogen-bond donors (Lipinski definition) is 4. The second-order valence-electron chi connectivity index (χ2n) is 16.0. The van der Waals surface area contributed by atoms with Gasteiger partial charge >= 0.3 is 0 Å². The van der Waals surface area contributed by atoms with Crippen LogP contribution in [0.3, 0.4) is 0 Å². The van der Waals surface area contributed by atoms with Gasteiger partial charge in [0, 0.05) is 0 Å². The van der Waals surface area contributed by atoms with Gasteiger partial charge in [0.25, 0.3) is 0 Å². The molecule has 0 rings (SSSR count). The highest BCUT2D eigenvalue weighted by atomic mass is 16.3. The molecule has 0 heterocycles. The lowest BCUT2D eigenvalue weighted by Crippen LogP contribution is -2.45. The largest absolute Gasteiger partial charge is 0.394 e. The lowest BCUT2D eigenvalue weighted by molar-refractivity contribution is -0.124. The average Bonchev–Trinajstić information content (AvgIpc) is 3.12. The predicted octanol–water partition coefficient (Wildman–Crippen LogP) is 13.2. The second kappa shape index (κ2) is 41.8. The highest BCUT2D eigenvalue weighted by Gasteiger charge is 2.20. The molecular weight excluding hydrogens is 631 g/mol. The average molecular weight is 722 g/mol. The van der Waals surface area contributed by atoms with Crippen molar-refractivity contribution in [2.24, 2.45) is 0 Å². The molecule has 0 aliphatic carbocycles. The molecule has 0 aliphatic heterocycles. The normalized spacial score (nSPS) is 13.6. The Labute approximate surface area is 319 Å². The van der Waals surface area contributed by atoms with Gasteiger partial charge in [0.1, 0.15) is 0 Å². The van der Waals surface area contributed by atoms with E-state index >= 15 is 0 Å². The molecule has 0 fully saturated rings. The smallest absolute Gasteiger partial charge is 0.222 e. The number of nitrogens with one attached hydrogen (secondary N) is 1. The first kappa shape index (κ1) is 50.1. The van der Waals surface area contributed by atoms with Gasteiger partial charge in [-0.2, -0.15) is 0 Å². The quantitative estimate of drug-likeness (QED) is 0.0373. The molecule has 0 aromatic carbocycles.